The van der Waals surface area contributed by atoms with Gasteiger partial charge in [-0.25, -0.2) is 14.6 Å². The van der Waals surface area contributed by atoms with E-state index in [0.717, 1.165) is 47.8 Å². The van der Waals surface area contributed by atoms with Gasteiger partial charge in [-0.2, -0.15) is 5.10 Å². The number of hydrogen-bond donors (Lipinski definition) is 4. The van der Waals surface area contributed by atoms with Gasteiger partial charge in [-0.05, 0) is 56.7 Å². The summed E-state index contributed by atoms with van der Waals surface area (Å²) in [5.41, 5.74) is 11.0. The molecule has 6 rings (SSSR count). The second-order valence-electron chi connectivity index (χ2n) is 9.00. The number of carbonyl (C=O) groups excluding carboxylic acids is 1. The Morgan fingerprint density at radius 3 is 2.84 bits per heavy atom. The first kappa shape index (κ1) is 19.2. The van der Waals surface area contributed by atoms with Crippen LogP contribution in [0.2, 0.25) is 0 Å². The molecule has 32 heavy (non-hydrogen) atoms. The predicted octanol–water partition coefficient (Wildman–Crippen LogP) is 2.84. The molecule has 1 amide bonds. The normalized spacial score (nSPS) is 20.9. The van der Waals surface area contributed by atoms with E-state index in [2.05, 4.69) is 20.3 Å². The Kier molecular flexibility index (Phi) is 4.23. The number of H-pyrrole nitrogens is 1. The largest absolute Gasteiger partial charge is 0.393 e. The number of aromatic nitrogens is 5. The summed E-state index contributed by atoms with van der Waals surface area (Å²) in [5, 5.41) is 19.7. The molecule has 2 fully saturated rings. The van der Waals surface area contributed by atoms with Gasteiger partial charge in [0, 0.05) is 22.5 Å². The van der Waals surface area contributed by atoms with Gasteiger partial charge in [-0.1, -0.05) is 6.07 Å². The molecular weight excluding hydrogens is 406 g/mol. The number of nitrogens with two attached hydrogens (primary N) is 1. The summed E-state index contributed by atoms with van der Waals surface area (Å²) in [6.45, 7) is 2.03. The molecule has 0 spiro atoms. The first-order valence-corrected chi connectivity index (χ1v) is 11.1. The molecule has 3 aromatic heterocycles. The first-order valence-electron chi connectivity index (χ1n) is 11.1. The quantitative estimate of drug-likeness (QED) is 0.392. The fourth-order valence-electron chi connectivity index (χ4n) is 4.79. The zero-order valence-electron chi connectivity index (χ0n) is 17.8. The predicted molar refractivity (Wildman–Crippen MR) is 121 cm³/mol. The van der Waals surface area contributed by atoms with E-state index in [0.29, 0.717) is 40.6 Å². The average Bonchev–Trinajstić information content (AvgIpc) is 3.20. The number of carbonyl (C=O) groups is 1. The van der Waals surface area contributed by atoms with Crippen LogP contribution in [-0.2, 0) is 0 Å². The van der Waals surface area contributed by atoms with Crippen LogP contribution in [0.4, 0.5) is 5.82 Å². The molecule has 0 bridgehead atoms. The summed E-state index contributed by atoms with van der Waals surface area (Å²) in [5.74, 6) is 0.327. The monoisotopic (exact) mass is 431 g/mol. The maximum Gasteiger partial charge on any atom is 0.251 e. The Morgan fingerprint density at radius 2 is 2.09 bits per heavy atom. The van der Waals surface area contributed by atoms with Crippen LogP contribution in [-0.4, -0.2) is 47.9 Å². The van der Waals surface area contributed by atoms with E-state index in [-0.39, 0.29) is 18.1 Å². The Labute approximate surface area is 184 Å². The minimum atomic E-state index is -0.322. The third-order valence-electron chi connectivity index (χ3n) is 6.71. The topological polar surface area (TPSA) is 135 Å². The van der Waals surface area contributed by atoms with Crippen LogP contribution >= 0.6 is 0 Å². The van der Waals surface area contributed by atoms with Crippen molar-refractivity contribution >= 4 is 33.7 Å². The summed E-state index contributed by atoms with van der Waals surface area (Å²) in [7, 11) is 0. The van der Waals surface area contributed by atoms with E-state index in [1.807, 2.05) is 29.8 Å². The van der Waals surface area contributed by atoms with Crippen molar-refractivity contribution in [2.24, 2.45) is 0 Å². The van der Waals surface area contributed by atoms with Gasteiger partial charge in [-0.3, -0.25) is 4.79 Å². The molecule has 9 nitrogen and oxygen atoms in total. The molecule has 1 aromatic carbocycles. The molecule has 2 atom stereocenters. The summed E-state index contributed by atoms with van der Waals surface area (Å²) in [6.07, 6.45) is 5.47. The van der Waals surface area contributed by atoms with Gasteiger partial charge in [0.15, 0.2) is 5.65 Å². The average molecular weight is 432 g/mol. The molecule has 2 unspecified atom stereocenters. The van der Waals surface area contributed by atoms with E-state index < -0.39 is 0 Å². The zero-order chi connectivity index (χ0) is 22.0. The van der Waals surface area contributed by atoms with Crippen LogP contribution in [0.3, 0.4) is 0 Å². The van der Waals surface area contributed by atoms with Crippen LogP contribution in [0, 0.1) is 6.92 Å². The van der Waals surface area contributed by atoms with Crippen molar-refractivity contribution < 1.29 is 9.90 Å². The third-order valence-corrected chi connectivity index (χ3v) is 6.71. The highest BCUT2D eigenvalue weighted by Gasteiger charge is 2.30. The number of anilines is 1. The molecule has 2 aliphatic carbocycles. The number of amides is 1. The minimum absolute atomic E-state index is 0.0460. The highest BCUT2D eigenvalue weighted by atomic mass is 16.3. The number of aliphatic hydroxyl groups is 1. The Morgan fingerprint density at radius 1 is 1.25 bits per heavy atom. The molecule has 164 valence electrons. The minimum Gasteiger partial charge on any atom is -0.393 e. The van der Waals surface area contributed by atoms with Crippen molar-refractivity contribution in [2.75, 3.05) is 5.73 Å². The number of fused-ring (bicyclic) bond motifs is 2. The van der Waals surface area contributed by atoms with Gasteiger partial charge < -0.3 is 21.1 Å². The van der Waals surface area contributed by atoms with Crippen molar-refractivity contribution in [1.82, 2.24) is 30.0 Å². The van der Waals surface area contributed by atoms with Crippen molar-refractivity contribution in [3.05, 3.63) is 35.7 Å². The fraction of sp³-hybridized carbons (Fsp3) is 0.391. The third kappa shape index (κ3) is 3.03. The van der Waals surface area contributed by atoms with E-state index >= 15 is 0 Å². The van der Waals surface area contributed by atoms with E-state index in [9.17, 15) is 9.90 Å². The maximum absolute atomic E-state index is 12.5. The molecular formula is C23H25N7O2. The summed E-state index contributed by atoms with van der Waals surface area (Å²) in [6, 6.07) is 6.09. The molecule has 0 radical (unpaired) electrons. The maximum atomic E-state index is 12.5. The number of nitrogens with zero attached hydrogens (tertiary/aromatic N) is 4. The lowest BCUT2D eigenvalue weighted by Crippen LogP contribution is -2.25. The van der Waals surface area contributed by atoms with Gasteiger partial charge in [0.05, 0.1) is 23.2 Å². The van der Waals surface area contributed by atoms with Gasteiger partial charge in [0.1, 0.15) is 17.8 Å². The molecule has 0 aliphatic heterocycles. The molecule has 9 heteroatoms. The van der Waals surface area contributed by atoms with Crippen LogP contribution in [0.15, 0.2) is 24.5 Å². The molecule has 5 N–H and O–H groups in total. The van der Waals surface area contributed by atoms with Crippen molar-refractivity contribution in [3.8, 4) is 11.4 Å². The number of aromatic amines is 1. The number of benzene rings is 1. The standard InChI is InChI=1S/C23H25N7O2/c1-11-16-7-2-12(23(32)27-13-3-4-13)8-17(16)28-19(11)20-18-21(24)25-10-26-22(18)30(29-20)14-5-6-15(31)9-14/h2,7-8,10,13-15,28,31H,3-6,9H2,1H3,(H,27,32)(H2,24,25,26). The van der Waals surface area contributed by atoms with Crippen molar-refractivity contribution in [3.63, 3.8) is 0 Å². The number of aliphatic hydroxyl groups excluding tert-OH is 1. The van der Waals surface area contributed by atoms with Crippen molar-refractivity contribution in [2.45, 2.75) is 57.2 Å². The molecule has 2 saturated carbocycles. The molecule has 3 heterocycles. The summed E-state index contributed by atoms with van der Waals surface area (Å²) >= 11 is 0. The van der Waals surface area contributed by atoms with Gasteiger partial charge in [-0.15, -0.1) is 0 Å². The van der Waals surface area contributed by atoms with Crippen LogP contribution < -0.4 is 11.1 Å². The van der Waals surface area contributed by atoms with Crippen LogP contribution in [0.25, 0.3) is 33.3 Å². The Bertz CT molecular complexity index is 1370. The van der Waals surface area contributed by atoms with Gasteiger partial charge in [0.2, 0.25) is 0 Å². The summed E-state index contributed by atoms with van der Waals surface area (Å²) < 4.78 is 1.89. The molecule has 0 saturated heterocycles. The smallest absolute Gasteiger partial charge is 0.251 e. The fourth-order valence-corrected chi connectivity index (χ4v) is 4.79. The zero-order valence-corrected chi connectivity index (χ0v) is 17.8. The lowest BCUT2D eigenvalue weighted by molar-refractivity contribution is 0.0951. The van der Waals surface area contributed by atoms with Gasteiger partial charge in [0.25, 0.3) is 5.91 Å². The number of nitrogen functional groups attached to an aromatic ring is 1. The SMILES string of the molecule is Cc1c(-c2nn(C3CCC(O)C3)c3ncnc(N)c23)[nH]c2cc(C(=O)NC3CC3)ccc12. The van der Waals surface area contributed by atoms with E-state index in [1.54, 1.807) is 0 Å². The summed E-state index contributed by atoms with van der Waals surface area (Å²) in [4.78, 5) is 24.6. The second kappa shape index (κ2) is 7.03. The van der Waals surface area contributed by atoms with Gasteiger partial charge >= 0.3 is 0 Å². The number of nitrogens with one attached hydrogen (secondary N) is 2. The number of hydrogen-bond acceptors (Lipinski definition) is 6. The lowest BCUT2D eigenvalue weighted by Gasteiger charge is -2.10. The second-order valence-corrected chi connectivity index (χ2v) is 9.00. The number of rotatable bonds is 4. The Balaban J connectivity index is 1.48. The highest BCUT2D eigenvalue weighted by molar-refractivity contribution is 6.03. The van der Waals surface area contributed by atoms with Crippen LogP contribution in [0.5, 0.6) is 0 Å². The van der Waals surface area contributed by atoms with Crippen LogP contribution in [0.1, 0.15) is 54.1 Å². The van der Waals surface area contributed by atoms with Crippen molar-refractivity contribution in [1.29, 1.82) is 0 Å². The van der Waals surface area contributed by atoms with E-state index in [4.69, 9.17) is 10.8 Å². The number of aryl methyl sites for hydroxylation is 1. The molecule has 2 aliphatic rings. The lowest BCUT2D eigenvalue weighted by atomic mass is 10.1. The van der Waals surface area contributed by atoms with E-state index in [1.165, 1.54) is 6.33 Å². The molecule has 4 aromatic rings. The Hall–Kier alpha value is -3.46. The highest BCUT2D eigenvalue weighted by Crippen LogP contribution is 2.38. The first-order chi connectivity index (χ1) is 15.5.